The fourth-order valence-corrected chi connectivity index (χ4v) is 2.65. The van der Waals surface area contributed by atoms with Gasteiger partial charge < -0.3 is 28.4 Å². The molecular weight excluding hydrogens is 454 g/mol. The van der Waals surface area contributed by atoms with E-state index in [1.54, 1.807) is 0 Å². The topological polar surface area (TPSA) is 150 Å². The standard InChI is InChI=1S/C22H23NO11/c1-4-31-22(26)18(25)11-17(24)21-19(33-13-30-3)9-16(32-12-29-2)10-20(21)34-15-7-5-14(6-8-15)23(27)28/h5-10H,4,11-13H2,1-3H3. The van der Waals surface area contributed by atoms with E-state index in [0.29, 0.717) is 0 Å². The molecule has 0 fully saturated rings. The lowest BCUT2D eigenvalue weighted by molar-refractivity contribution is -0.384. The van der Waals surface area contributed by atoms with Gasteiger partial charge in [-0.05, 0) is 19.1 Å². The SMILES string of the molecule is CCOC(=O)C(=O)CC(=O)c1c(OCOC)cc(OCOC)cc1Oc1ccc([N+](=O)[O-])cc1. The van der Waals surface area contributed by atoms with Crippen molar-refractivity contribution in [1.82, 2.24) is 0 Å². The van der Waals surface area contributed by atoms with Gasteiger partial charge in [0.2, 0.25) is 5.78 Å². The van der Waals surface area contributed by atoms with E-state index in [9.17, 15) is 24.5 Å². The Labute approximate surface area is 194 Å². The van der Waals surface area contributed by atoms with E-state index in [1.807, 2.05) is 0 Å². The van der Waals surface area contributed by atoms with Gasteiger partial charge in [-0.3, -0.25) is 19.7 Å². The van der Waals surface area contributed by atoms with Crippen molar-refractivity contribution in [3.8, 4) is 23.0 Å². The molecule has 2 aromatic carbocycles. The van der Waals surface area contributed by atoms with Gasteiger partial charge in [-0.2, -0.15) is 0 Å². The molecule has 0 saturated heterocycles. The summed E-state index contributed by atoms with van der Waals surface area (Å²) in [7, 11) is 2.78. The Hall–Kier alpha value is -4.03. The zero-order chi connectivity index (χ0) is 25.1. The fourth-order valence-electron chi connectivity index (χ4n) is 2.65. The van der Waals surface area contributed by atoms with Crippen LogP contribution in [0.25, 0.3) is 0 Å². The monoisotopic (exact) mass is 477 g/mol. The van der Waals surface area contributed by atoms with Crippen LogP contribution in [-0.4, -0.2) is 56.9 Å². The Morgan fingerprint density at radius 2 is 1.53 bits per heavy atom. The lowest BCUT2D eigenvalue weighted by atomic mass is 10.0. The van der Waals surface area contributed by atoms with Crippen molar-refractivity contribution in [3.05, 3.63) is 52.1 Å². The van der Waals surface area contributed by atoms with Gasteiger partial charge in [0.05, 0.1) is 18.0 Å². The average Bonchev–Trinajstić information content (AvgIpc) is 2.81. The average molecular weight is 477 g/mol. The van der Waals surface area contributed by atoms with Crippen LogP contribution >= 0.6 is 0 Å². The van der Waals surface area contributed by atoms with E-state index in [-0.39, 0.29) is 54.4 Å². The third kappa shape index (κ3) is 7.25. The highest BCUT2D eigenvalue weighted by Crippen LogP contribution is 2.38. The van der Waals surface area contributed by atoms with Crippen LogP contribution in [0, 0.1) is 10.1 Å². The van der Waals surface area contributed by atoms with Gasteiger partial charge in [0, 0.05) is 38.5 Å². The van der Waals surface area contributed by atoms with Crippen molar-refractivity contribution >= 4 is 23.2 Å². The van der Waals surface area contributed by atoms with E-state index in [4.69, 9.17) is 23.7 Å². The largest absolute Gasteiger partial charge is 0.467 e. The summed E-state index contributed by atoms with van der Waals surface area (Å²) >= 11 is 0. The number of non-ortho nitro benzene ring substituents is 1. The molecule has 0 radical (unpaired) electrons. The Morgan fingerprint density at radius 3 is 2.12 bits per heavy atom. The summed E-state index contributed by atoms with van der Waals surface area (Å²) in [5.74, 6) is -2.78. The molecule has 0 heterocycles. The molecule has 34 heavy (non-hydrogen) atoms. The summed E-state index contributed by atoms with van der Waals surface area (Å²) in [6.45, 7) is 1.12. The van der Waals surface area contributed by atoms with E-state index in [1.165, 1.54) is 57.5 Å². The van der Waals surface area contributed by atoms with Crippen molar-refractivity contribution in [3.63, 3.8) is 0 Å². The summed E-state index contributed by atoms with van der Waals surface area (Å²) in [6, 6.07) is 7.80. The minimum atomic E-state index is -1.15. The third-order valence-electron chi connectivity index (χ3n) is 4.09. The number of Topliss-reactive ketones (excluding diaryl/α,β-unsaturated/α-hetero) is 2. The van der Waals surface area contributed by atoms with E-state index in [0.717, 1.165) is 0 Å². The second-order valence-corrected chi connectivity index (χ2v) is 6.49. The Kier molecular flexibility index (Phi) is 9.92. The fraction of sp³-hybridized carbons (Fsp3) is 0.318. The molecule has 0 aliphatic heterocycles. The normalized spacial score (nSPS) is 10.3. The molecule has 0 spiro atoms. The Morgan fingerprint density at radius 1 is 0.912 bits per heavy atom. The number of nitro benzene ring substituents is 1. The van der Waals surface area contributed by atoms with Gasteiger partial charge in [-0.15, -0.1) is 0 Å². The van der Waals surface area contributed by atoms with Gasteiger partial charge in [-0.25, -0.2) is 4.79 Å². The lowest BCUT2D eigenvalue weighted by Crippen LogP contribution is -2.21. The zero-order valence-electron chi connectivity index (χ0n) is 18.7. The molecule has 0 aliphatic carbocycles. The number of ketones is 2. The summed E-state index contributed by atoms with van der Waals surface area (Å²) in [4.78, 5) is 47.2. The Bertz CT molecular complexity index is 1030. The predicted octanol–water partition coefficient (Wildman–Crippen LogP) is 3.06. The van der Waals surface area contributed by atoms with Gasteiger partial charge >= 0.3 is 5.97 Å². The van der Waals surface area contributed by atoms with Crippen LogP contribution in [0.3, 0.4) is 0 Å². The van der Waals surface area contributed by atoms with E-state index < -0.39 is 28.9 Å². The molecule has 0 amide bonds. The number of carbonyl (C=O) groups is 3. The molecular formula is C22H23NO11. The smallest absolute Gasteiger partial charge is 0.375 e. The number of rotatable bonds is 14. The van der Waals surface area contributed by atoms with Crippen LogP contribution in [0.15, 0.2) is 36.4 Å². The first-order valence-electron chi connectivity index (χ1n) is 9.87. The van der Waals surface area contributed by atoms with Crippen LogP contribution in [0.5, 0.6) is 23.0 Å². The first-order valence-corrected chi connectivity index (χ1v) is 9.87. The van der Waals surface area contributed by atoms with Crippen molar-refractivity contribution in [1.29, 1.82) is 0 Å². The highest BCUT2D eigenvalue weighted by atomic mass is 16.7. The molecule has 182 valence electrons. The van der Waals surface area contributed by atoms with E-state index >= 15 is 0 Å². The lowest BCUT2D eigenvalue weighted by Gasteiger charge is -2.17. The first-order chi connectivity index (χ1) is 16.3. The van der Waals surface area contributed by atoms with Gasteiger partial charge in [0.15, 0.2) is 19.4 Å². The molecule has 0 aromatic heterocycles. The van der Waals surface area contributed by atoms with Crippen molar-refractivity contribution < 1.29 is 47.7 Å². The predicted molar refractivity (Wildman–Crippen MR) is 115 cm³/mol. The number of nitrogens with zero attached hydrogens (tertiary/aromatic N) is 1. The Balaban J connectivity index is 2.51. The highest BCUT2D eigenvalue weighted by molar-refractivity contribution is 6.38. The number of ether oxygens (including phenoxy) is 6. The molecule has 2 rings (SSSR count). The van der Waals surface area contributed by atoms with E-state index in [2.05, 4.69) is 4.74 Å². The maximum atomic E-state index is 13.0. The van der Waals surface area contributed by atoms with Gasteiger partial charge in [0.1, 0.15) is 28.6 Å². The molecule has 0 aliphatic rings. The van der Waals surface area contributed by atoms with Crippen LogP contribution in [0.4, 0.5) is 5.69 Å². The molecule has 0 saturated carbocycles. The molecule has 2 aromatic rings. The highest BCUT2D eigenvalue weighted by Gasteiger charge is 2.27. The van der Waals surface area contributed by atoms with Crippen molar-refractivity contribution in [2.75, 3.05) is 34.4 Å². The molecule has 12 heteroatoms. The van der Waals surface area contributed by atoms with Crippen LogP contribution in [0.2, 0.25) is 0 Å². The minimum absolute atomic E-state index is 0.0268. The second-order valence-electron chi connectivity index (χ2n) is 6.49. The third-order valence-corrected chi connectivity index (χ3v) is 4.09. The molecule has 0 N–H and O–H groups in total. The zero-order valence-corrected chi connectivity index (χ0v) is 18.7. The molecule has 0 unspecified atom stereocenters. The van der Waals surface area contributed by atoms with Crippen LogP contribution in [-0.2, 0) is 23.8 Å². The number of hydrogen-bond donors (Lipinski definition) is 0. The van der Waals surface area contributed by atoms with Gasteiger partial charge in [-0.1, -0.05) is 0 Å². The summed E-state index contributed by atoms with van der Waals surface area (Å²) in [6.07, 6.45) is -0.808. The quantitative estimate of drug-likeness (QED) is 0.0751. The maximum Gasteiger partial charge on any atom is 0.375 e. The van der Waals surface area contributed by atoms with Crippen molar-refractivity contribution in [2.24, 2.45) is 0 Å². The maximum absolute atomic E-state index is 13.0. The number of nitro groups is 1. The van der Waals surface area contributed by atoms with Crippen molar-refractivity contribution in [2.45, 2.75) is 13.3 Å². The molecule has 0 bridgehead atoms. The molecule has 0 atom stereocenters. The number of methoxy groups -OCH3 is 2. The first kappa shape index (κ1) is 26.2. The van der Waals surface area contributed by atoms with Gasteiger partial charge in [0.25, 0.3) is 5.69 Å². The summed E-state index contributed by atoms with van der Waals surface area (Å²) < 4.78 is 31.1. The number of benzene rings is 2. The molecule has 12 nitrogen and oxygen atoms in total. The number of esters is 1. The summed E-state index contributed by atoms with van der Waals surface area (Å²) in [5, 5.41) is 10.9. The summed E-state index contributed by atoms with van der Waals surface area (Å²) in [5.41, 5.74) is -0.331. The van der Waals surface area contributed by atoms with Crippen LogP contribution in [0.1, 0.15) is 23.7 Å². The number of hydrogen-bond acceptors (Lipinski definition) is 11. The second kappa shape index (κ2) is 12.9. The number of carbonyl (C=O) groups excluding carboxylic acids is 3. The minimum Gasteiger partial charge on any atom is -0.467 e. The van der Waals surface area contributed by atoms with Crippen LogP contribution < -0.4 is 14.2 Å².